The van der Waals surface area contributed by atoms with Crippen LogP contribution in [0.15, 0.2) is 83.8 Å². The van der Waals surface area contributed by atoms with E-state index in [4.69, 9.17) is 4.74 Å². The molecule has 0 unspecified atom stereocenters. The molecule has 0 aliphatic carbocycles. The van der Waals surface area contributed by atoms with Crippen LogP contribution in [-0.4, -0.2) is 34.5 Å². The van der Waals surface area contributed by atoms with Crippen LogP contribution in [0.5, 0.6) is 5.75 Å². The molecule has 0 bridgehead atoms. The Bertz CT molecular complexity index is 1250. The smallest absolute Gasteiger partial charge is 0.416 e. The standard InChI is InChI=1S/C25H25F3N2O4S/c1-34-23-15-6-5-9-19(23)10-8-16-29-24(31)18-30(35(32,33)22-13-3-2-4-14-22)21-12-7-11-20(17-21)25(26,27)28/h2-7,9,11-15,17H,8,10,16,18H2,1H3,(H,29,31). The Kier molecular flexibility index (Phi) is 8.39. The number of ether oxygens (including phenoxy) is 1. The third kappa shape index (κ3) is 6.75. The molecule has 1 amide bonds. The summed E-state index contributed by atoms with van der Waals surface area (Å²) in [5.74, 6) is 0.0884. The second kappa shape index (κ2) is 11.3. The van der Waals surface area contributed by atoms with Crippen molar-refractivity contribution in [3.63, 3.8) is 0 Å². The van der Waals surface area contributed by atoms with E-state index >= 15 is 0 Å². The maximum Gasteiger partial charge on any atom is 0.416 e. The SMILES string of the molecule is COc1ccccc1CCCNC(=O)CN(c1cccc(C(F)(F)F)c1)S(=O)(=O)c1ccccc1. The Morgan fingerprint density at radius 3 is 2.34 bits per heavy atom. The molecule has 0 saturated heterocycles. The van der Waals surface area contributed by atoms with Gasteiger partial charge >= 0.3 is 6.18 Å². The van der Waals surface area contributed by atoms with Crippen LogP contribution in [0.2, 0.25) is 0 Å². The highest BCUT2D eigenvalue weighted by Gasteiger charge is 2.33. The van der Waals surface area contributed by atoms with E-state index in [2.05, 4.69) is 5.32 Å². The van der Waals surface area contributed by atoms with E-state index in [0.717, 1.165) is 29.5 Å². The maximum atomic E-state index is 13.3. The van der Waals surface area contributed by atoms with Gasteiger partial charge in [0.05, 0.1) is 23.3 Å². The highest BCUT2D eigenvalue weighted by Crippen LogP contribution is 2.33. The Balaban J connectivity index is 1.76. The minimum Gasteiger partial charge on any atom is -0.496 e. The monoisotopic (exact) mass is 506 g/mol. The van der Waals surface area contributed by atoms with Gasteiger partial charge in [0.15, 0.2) is 0 Å². The van der Waals surface area contributed by atoms with Crippen molar-refractivity contribution in [1.82, 2.24) is 5.32 Å². The molecule has 6 nitrogen and oxygen atoms in total. The number of methoxy groups -OCH3 is 1. The minimum absolute atomic E-state index is 0.138. The number of aryl methyl sites for hydroxylation is 1. The van der Waals surface area contributed by atoms with E-state index in [0.29, 0.717) is 17.1 Å². The predicted octanol–water partition coefficient (Wildman–Crippen LogP) is 4.66. The van der Waals surface area contributed by atoms with Gasteiger partial charge < -0.3 is 10.1 Å². The molecule has 0 aliphatic rings. The summed E-state index contributed by atoms with van der Waals surface area (Å²) in [5.41, 5.74) is -0.310. The molecule has 0 aromatic heterocycles. The Labute approximate surface area is 202 Å². The normalized spacial score (nSPS) is 11.7. The fraction of sp³-hybridized carbons (Fsp3) is 0.240. The summed E-state index contributed by atoms with van der Waals surface area (Å²) < 4.78 is 72.3. The number of halogens is 3. The average molecular weight is 507 g/mol. The number of amides is 1. The first-order valence-electron chi connectivity index (χ1n) is 10.8. The third-order valence-electron chi connectivity index (χ3n) is 5.22. The van der Waals surface area contributed by atoms with Gasteiger partial charge in [0.2, 0.25) is 5.91 Å². The van der Waals surface area contributed by atoms with Crippen LogP contribution < -0.4 is 14.4 Å². The van der Waals surface area contributed by atoms with Crippen LogP contribution in [0.4, 0.5) is 18.9 Å². The number of carbonyl (C=O) groups is 1. The molecule has 10 heteroatoms. The Morgan fingerprint density at radius 1 is 0.971 bits per heavy atom. The fourth-order valence-corrected chi connectivity index (χ4v) is 4.91. The number of nitrogens with zero attached hydrogens (tertiary/aromatic N) is 1. The highest BCUT2D eigenvalue weighted by atomic mass is 32.2. The van der Waals surface area contributed by atoms with Crippen molar-refractivity contribution in [2.75, 3.05) is 24.5 Å². The first-order chi connectivity index (χ1) is 16.6. The van der Waals surface area contributed by atoms with Gasteiger partial charge in [0, 0.05) is 6.54 Å². The van der Waals surface area contributed by atoms with Gasteiger partial charge in [0.25, 0.3) is 10.0 Å². The lowest BCUT2D eigenvalue weighted by Crippen LogP contribution is -2.41. The molecule has 0 heterocycles. The lowest BCUT2D eigenvalue weighted by Gasteiger charge is -2.25. The van der Waals surface area contributed by atoms with Crippen LogP contribution in [-0.2, 0) is 27.4 Å². The van der Waals surface area contributed by atoms with Crippen molar-refractivity contribution < 1.29 is 31.1 Å². The number of rotatable bonds is 10. The minimum atomic E-state index is -4.67. The molecule has 35 heavy (non-hydrogen) atoms. The lowest BCUT2D eigenvalue weighted by atomic mass is 10.1. The van der Waals surface area contributed by atoms with Crippen LogP contribution in [0.1, 0.15) is 17.5 Å². The second-order valence-electron chi connectivity index (χ2n) is 7.64. The molecule has 0 aliphatic heterocycles. The second-order valence-corrected chi connectivity index (χ2v) is 9.50. The molecule has 3 aromatic carbocycles. The zero-order chi connectivity index (χ0) is 25.5. The molecule has 1 N–H and O–H groups in total. The van der Waals surface area contributed by atoms with Crippen LogP contribution >= 0.6 is 0 Å². The van der Waals surface area contributed by atoms with Gasteiger partial charge in [-0.2, -0.15) is 13.2 Å². The van der Waals surface area contributed by atoms with E-state index < -0.39 is 34.2 Å². The number of carbonyl (C=O) groups excluding carboxylic acids is 1. The van der Waals surface area contributed by atoms with Crippen molar-refractivity contribution >= 4 is 21.6 Å². The van der Waals surface area contributed by atoms with E-state index in [9.17, 15) is 26.4 Å². The average Bonchev–Trinajstić information content (AvgIpc) is 2.85. The predicted molar refractivity (Wildman–Crippen MR) is 127 cm³/mol. The number of hydrogen-bond acceptors (Lipinski definition) is 4. The van der Waals surface area contributed by atoms with Gasteiger partial charge in [-0.15, -0.1) is 0 Å². The van der Waals surface area contributed by atoms with E-state index in [1.807, 2.05) is 24.3 Å². The topological polar surface area (TPSA) is 75.7 Å². The molecule has 0 radical (unpaired) electrons. The summed E-state index contributed by atoms with van der Waals surface area (Å²) in [4.78, 5) is 12.5. The first kappa shape index (κ1) is 26.1. The molecule has 0 saturated carbocycles. The summed E-state index contributed by atoms with van der Waals surface area (Å²) in [6.07, 6.45) is -3.50. The molecular formula is C25H25F3N2O4S. The highest BCUT2D eigenvalue weighted by molar-refractivity contribution is 7.92. The number of para-hydroxylation sites is 1. The zero-order valence-electron chi connectivity index (χ0n) is 19.0. The van der Waals surface area contributed by atoms with Crippen LogP contribution in [0, 0.1) is 0 Å². The van der Waals surface area contributed by atoms with Crippen molar-refractivity contribution in [2.45, 2.75) is 23.9 Å². The number of alkyl halides is 3. The van der Waals surface area contributed by atoms with Crippen LogP contribution in [0.25, 0.3) is 0 Å². The molecule has 3 rings (SSSR count). The maximum absolute atomic E-state index is 13.3. The number of anilines is 1. The number of hydrogen-bond donors (Lipinski definition) is 1. The van der Waals surface area contributed by atoms with Gasteiger partial charge in [0.1, 0.15) is 12.3 Å². The molecule has 0 spiro atoms. The van der Waals surface area contributed by atoms with E-state index in [1.165, 1.54) is 30.3 Å². The van der Waals surface area contributed by atoms with Crippen molar-refractivity contribution in [3.05, 3.63) is 90.0 Å². The molecule has 186 valence electrons. The van der Waals surface area contributed by atoms with Crippen molar-refractivity contribution in [3.8, 4) is 5.75 Å². The third-order valence-corrected chi connectivity index (χ3v) is 7.01. The van der Waals surface area contributed by atoms with Gasteiger partial charge in [-0.1, -0.05) is 42.5 Å². The lowest BCUT2D eigenvalue weighted by molar-refractivity contribution is -0.137. The van der Waals surface area contributed by atoms with E-state index in [-0.39, 0.29) is 17.1 Å². The number of benzene rings is 3. The number of nitrogens with one attached hydrogen (secondary N) is 1. The fourth-order valence-electron chi connectivity index (χ4n) is 3.47. The zero-order valence-corrected chi connectivity index (χ0v) is 19.8. The summed E-state index contributed by atoms with van der Waals surface area (Å²) in [7, 11) is -2.74. The first-order valence-corrected chi connectivity index (χ1v) is 12.2. The van der Waals surface area contributed by atoms with Gasteiger partial charge in [-0.3, -0.25) is 9.10 Å². The quantitative estimate of drug-likeness (QED) is 0.406. The van der Waals surface area contributed by atoms with Gasteiger partial charge in [-0.25, -0.2) is 8.42 Å². The number of sulfonamides is 1. The summed E-state index contributed by atoms with van der Waals surface area (Å²) in [6, 6.07) is 18.6. The summed E-state index contributed by atoms with van der Waals surface area (Å²) in [6.45, 7) is -0.425. The largest absolute Gasteiger partial charge is 0.496 e. The van der Waals surface area contributed by atoms with Crippen molar-refractivity contribution in [2.24, 2.45) is 0 Å². The molecule has 0 fully saturated rings. The Hall–Kier alpha value is -3.53. The molecular weight excluding hydrogens is 481 g/mol. The molecule has 3 aromatic rings. The Morgan fingerprint density at radius 2 is 1.66 bits per heavy atom. The molecule has 0 atom stereocenters. The van der Waals surface area contributed by atoms with E-state index in [1.54, 1.807) is 13.2 Å². The van der Waals surface area contributed by atoms with Gasteiger partial charge in [-0.05, 0) is 54.8 Å². The summed E-state index contributed by atoms with van der Waals surface area (Å²) >= 11 is 0. The van der Waals surface area contributed by atoms with Crippen LogP contribution in [0.3, 0.4) is 0 Å². The summed E-state index contributed by atoms with van der Waals surface area (Å²) in [5, 5.41) is 2.65. The van der Waals surface area contributed by atoms with Crippen molar-refractivity contribution in [1.29, 1.82) is 0 Å².